The van der Waals surface area contributed by atoms with Gasteiger partial charge in [-0.2, -0.15) is 0 Å². The Labute approximate surface area is 117 Å². The lowest BCUT2D eigenvalue weighted by atomic mass is 10.3. The number of aryl methyl sites for hydroxylation is 1. The highest BCUT2D eigenvalue weighted by Crippen LogP contribution is 2.09. The lowest BCUT2D eigenvalue weighted by Gasteiger charge is -2.11. The first-order chi connectivity index (χ1) is 9.63. The molecular weight excluding hydrogens is 256 g/mol. The lowest BCUT2D eigenvalue weighted by molar-refractivity contribution is 0.349. The van der Waals surface area contributed by atoms with Gasteiger partial charge in [0, 0.05) is 18.3 Å². The van der Waals surface area contributed by atoms with Crippen LogP contribution in [0, 0.1) is 6.92 Å². The standard InChI is InChI=1S/C14H18N4O2/c1-4-15-12-7-5-6-11(17-12)9-18-13(19)8-10(2)16-14(18)20-3/h5-8H,4,9H2,1-3H3,(H,15,17). The first kappa shape index (κ1) is 14.0. The number of aromatic nitrogens is 3. The summed E-state index contributed by atoms with van der Waals surface area (Å²) in [6.45, 7) is 4.89. The van der Waals surface area contributed by atoms with E-state index in [0.717, 1.165) is 18.1 Å². The van der Waals surface area contributed by atoms with Crippen LogP contribution in [0.15, 0.2) is 29.1 Å². The molecule has 2 heterocycles. The van der Waals surface area contributed by atoms with Crippen molar-refractivity contribution in [2.75, 3.05) is 19.0 Å². The highest BCUT2D eigenvalue weighted by Gasteiger charge is 2.09. The molecule has 0 spiro atoms. The van der Waals surface area contributed by atoms with E-state index in [4.69, 9.17) is 4.74 Å². The molecule has 0 bridgehead atoms. The zero-order valence-electron chi connectivity index (χ0n) is 11.9. The van der Waals surface area contributed by atoms with E-state index in [9.17, 15) is 4.79 Å². The van der Waals surface area contributed by atoms with Gasteiger partial charge in [-0.3, -0.25) is 9.36 Å². The monoisotopic (exact) mass is 274 g/mol. The minimum absolute atomic E-state index is 0.148. The average molecular weight is 274 g/mol. The van der Waals surface area contributed by atoms with Crippen LogP contribution in [0.1, 0.15) is 18.3 Å². The summed E-state index contributed by atoms with van der Waals surface area (Å²) >= 11 is 0. The molecule has 1 N–H and O–H groups in total. The van der Waals surface area contributed by atoms with E-state index in [-0.39, 0.29) is 5.56 Å². The molecule has 0 saturated carbocycles. The van der Waals surface area contributed by atoms with Crippen LogP contribution in [0.25, 0.3) is 0 Å². The molecule has 0 aliphatic rings. The molecule has 0 aliphatic heterocycles. The lowest BCUT2D eigenvalue weighted by Crippen LogP contribution is -2.23. The summed E-state index contributed by atoms with van der Waals surface area (Å²) in [5.74, 6) is 0.789. The number of nitrogens with zero attached hydrogens (tertiary/aromatic N) is 3. The molecular formula is C14H18N4O2. The van der Waals surface area contributed by atoms with Gasteiger partial charge < -0.3 is 10.1 Å². The van der Waals surface area contributed by atoms with Gasteiger partial charge in [0.15, 0.2) is 0 Å². The molecule has 106 valence electrons. The van der Waals surface area contributed by atoms with Gasteiger partial charge in [0.1, 0.15) is 5.82 Å². The molecule has 20 heavy (non-hydrogen) atoms. The largest absolute Gasteiger partial charge is 0.468 e. The molecule has 6 nitrogen and oxygen atoms in total. The minimum atomic E-state index is -0.148. The van der Waals surface area contributed by atoms with Crippen molar-refractivity contribution >= 4 is 5.82 Å². The number of hydrogen-bond acceptors (Lipinski definition) is 5. The number of rotatable bonds is 5. The van der Waals surface area contributed by atoms with E-state index in [1.165, 1.54) is 17.7 Å². The molecule has 6 heteroatoms. The number of hydrogen-bond donors (Lipinski definition) is 1. The van der Waals surface area contributed by atoms with Crippen molar-refractivity contribution in [3.8, 4) is 6.01 Å². The van der Waals surface area contributed by atoms with Gasteiger partial charge in [-0.05, 0) is 26.0 Å². The normalized spacial score (nSPS) is 10.3. The highest BCUT2D eigenvalue weighted by atomic mass is 16.5. The van der Waals surface area contributed by atoms with Crippen molar-refractivity contribution in [2.24, 2.45) is 0 Å². The Kier molecular flexibility index (Phi) is 4.34. The van der Waals surface area contributed by atoms with Crippen LogP contribution in [-0.2, 0) is 6.54 Å². The molecule has 2 aromatic heterocycles. The molecule has 0 amide bonds. The Morgan fingerprint density at radius 3 is 2.85 bits per heavy atom. The summed E-state index contributed by atoms with van der Waals surface area (Å²) in [6, 6.07) is 7.44. The maximum absolute atomic E-state index is 12.0. The van der Waals surface area contributed by atoms with Gasteiger partial charge in [0.25, 0.3) is 11.6 Å². The predicted octanol–water partition coefficient (Wildman–Crippen LogP) is 1.44. The van der Waals surface area contributed by atoms with E-state index in [2.05, 4.69) is 15.3 Å². The van der Waals surface area contributed by atoms with E-state index in [0.29, 0.717) is 18.2 Å². The second-order valence-electron chi connectivity index (χ2n) is 4.35. The molecule has 0 atom stereocenters. The average Bonchev–Trinajstić information content (AvgIpc) is 2.42. The van der Waals surface area contributed by atoms with Gasteiger partial charge in [0.05, 0.1) is 19.3 Å². The zero-order chi connectivity index (χ0) is 14.5. The number of nitrogens with one attached hydrogen (secondary N) is 1. The van der Waals surface area contributed by atoms with Gasteiger partial charge in [-0.15, -0.1) is 0 Å². The van der Waals surface area contributed by atoms with Crippen LogP contribution >= 0.6 is 0 Å². The third-order valence-electron chi connectivity index (χ3n) is 2.77. The molecule has 0 saturated heterocycles. The summed E-state index contributed by atoms with van der Waals surface area (Å²) in [4.78, 5) is 20.7. The smallest absolute Gasteiger partial charge is 0.299 e. The Morgan fingerprint density at radius 2 is 2.15 bits per heavy atom. The maximum atomic E-state index is 12.0. The SMILES string of the molecule is CCNc1cccc(Cn2c(OC)nc(C)cc2=O)n1. The van der Waals surface area contributed by atoms with E-state index < -0.39 is 0 Å². The van der Waals surface area contributed by atoms with Crippen molar-refractivity contribution in [2.45, 2.75) is 20.4 Å². The topological polar surface area (TPSA) is 69.0 Å². The van der Waals surface area contributed by atoms with Crippen molar-refractivity contribution in [3.05, 3.63) is 46.0 Å². The summed E-state index contributed by atoms with van der Waals surface area (Å²) in [7, 11) is 1.50. The number of pyridine rings is 1. The van der Waals surface area contributed by atoms with Crippen molar-refractivity contribution in [1.29, 1.82) is 0 Å². The summed E-state index contributed by atoms with van der Waals surface area (Å²) in [6.07, 6.45) is 0. The summed E-state index contributed by atoms with van der Waals surface area (Å²) in [5, 5.41) is 3.14. The molecule has 2 aromatic rings. The van der Waals surface area contributed by atoms with Crippen LogP contribution in [0.3, 0.4) is 0 Å². The molecule has 0 unspecified atom stereocenters. The summed E-state index contributed by atoms with van der Waals surface area (Å²) < 4.78 is 6.63. The fraction of sp³-hybridized carbons (Fsp3) is 0.357. The maximum Gasteiger partial charge on any atom is 0.299 e. The van der Waals surface area contributed by atoms with Gasteiger partial charge in [-0.1, -0.05) is 6.07 Å². The van der Waals surface area contributed by atoms with Crippen molar-refractivity contribution in [1.82, 2.24) is 14.5 Å². The van der Waals surface area contributed by atoms with Crippen LogP contribution in [0.5, 0.6) is 6.01 Å². The van der Waals surface area contributed by atoms with E-state index in [1.54, 1.807) is 6.92 Å². The van der Waals surface area contributed by atoms with E-state index in [1.807, 2.05) is 25.1 Å². The molecule has 0 fully saturated rings. The molecule has 0 aliphatic carbocycles. The Morgan fingerprint density at radius 1 is 1.35 bits per heavy atom. The van der Waals surface area contributed by atoms with Crippen LogP contribution in [0.2, 0.25) is 0 Å². The predicted molar refractivity (Wildman–Crippen MR) is 77.3 cm³/mol. The van der Waals surface area contributed by atoms with Crippen LogP contribution in [-0.4, -0.2) is 28.2 Å². The minimum Gasteiger partial charge on any atom is -0.468 e. The van der Waals surface area contributed by atoms with Gasteiger partial charge in [-0.25, -0.2) is 9.97 Å². The van der Waals surface area contributed by atoms with Crippen LogP contribution < -0.4 is 15.6 Å². The molecule has 0 aromatic carbocycles. The second-order valence-corrected chi connectivity index (χ2v) is 4.35. The van der Waals surface area contributed by atoms with Crippen molar-refractivity contribution < 1.29 is 4.74 Å². The third kappa shape index (κ3) is 3.14. The second kappa shape index (κ2) is 6.18. The Balaban J connectivity index is 2.34. The molecule has 0 radical (unpaired) electrons. The fourth-order valence-corrected chi connectivity index (χ4v) is 1.90. The zero-order valence-corrected chi connectivity index (χ0v) is 11.9. The first-order valence-corrected chi connectivity index (χ1v) is 6.46. The quantitative estimate of drug-likeness (QED) is 0.893. The Hall–Kier alpha value is -2.37. The highest BCUT2D eigenvalue weighted by molar-refractivity contribution is 5.35. The fourth-order valence-electron chi connectivity index (χ4n) is 1.90. The number of anilines is 1. The number of ether oxygens (including phenoxy) is 1. The number of methoxy groups -OCH3 is 1. The van der Waals surface area contributed by atoms with Gasteiger partial charge in [0.2, 0.25) is 0 Å². The van der Waals surface area contributed by atoms with E-state index >= 15 is 0 Å². The third-order valence-corrected chi connectivity index (χ3v) is 2.77. The van der Waals surface area contributed by atoms with Crippen molar-refractivity contribution in [3.63, 3.8) is 0 Å². The molecule has 2 rings (SSSR count). The first-order valence-electron chi connectivity index (χ1n) is 6.46. The Bertz CT molecular complexity index is 652. The van der Waals surface area contributed by atoms with Crippen LogP contribution in [0.4, 0.5) is 5.82 Å². The summed E-state index contributed by atoms with van der Waals surface area (Å²) in [5.41, 5.74) is 1.26. The van der Waals surface area contributed by atoms with Gasteiger partial charge >= 0.3 is 0 Å².